The van der Waals surface area contributed by atoms with Gasteiger partial charge in [-0.25, -0.2) is 13.4 Å². The highest BCUT2D eigenvalue weighted by Crippen LogP contribution is 2.29. The van der Waals surface area contributed by atoms with Gasteiger partial charge < -0.3 is 4.57 Å². The van der Waals surface area contributed by atoms with Crippen LogP contribution >= 0.6 is 11.6 Å². The minimum atomic E-state index is -3.31. The first-order valence-electron chi connectivity index (χ1n) is 6.94. The Balaban J connectivity index is 2.72. The van der Waals surface area contributed by atoms with E-state index in [-0.39, 0.29) is 16.2 Å². The smallest absolute Gasteiger partial charge is 0.177 e. The van der Waals surface area contributed by atoms with Crippen LogP contribution in [-0.4, -0.2) is 24.2 Å². The molecule has 0 N–H and O–H groups in total. The summed E-state index contributed by atoms with van der Waals surface area (Å²) in [7, 11) is -3.31. The summed E-state index contributed by atoms with van der Waals surface area (Å²) in [6, 6.07) is 5.25. The van der Waals surface area contributed by atoms with Crippen LogP contribution < -0.4 is 0 Å². The molecule has 1 aromatic carbocycles. The van der Waals surface area contributed by atoms with E-state index in [9.17, 15) is 8.42 Å². The molecule has 4 nitrogen and oxygen atoms in total. The van der Waals surface area contributed by atoms with E-state index in [1.807, 2.05) is 10.6 Å². The molecule has 1 heterocycles. The van der Waals surface area contributed by atoms with Crippen molar-refractivity contribution in [2.45, 2.75) is 44.5 Å². The van der Waals surface area contributed by atoms with Crippen LogP contribution in [0.25, 0.3) is 11.0 Å². The van der Waals surface area contributed by atoms with Gasteiger partial charge in [0.25, 0.3) is 0 Å². The number of para-hydroxylation sites is 1. The SMILES string of the molecule is CCC(C)(C)Cn1c(CCl)nc2c(S(C)(=O)=O)cccc21. The highest BCUT2D eigenvalue weighted by atomic mass is 35.5. The third kappa shape index (κ3) is 3.24. The predicted octanol–water partition coefficient (Wildman–Crippen LogP) is 3.61. The Morgan fingerprint density at radius 1 is 1.33 bits per heavy atom. The van der Waals surface area contributed by atoms with Crippen LogP contribution in [0, 0.1) is 5.41 Å². The van der Waals surface area contributed by atoms with Crippen LogP contribution in [0.2, 0.25) is 0 Å². The van der Waals surface area contributed by atoms with Crippen LogP contribution in [0.4, 0.5) is 0 Å². The van der Waals surface area contributed by atoms with Crippen LogP contribution in [0.5, 0.6) is 0 Å². The fourth-order valence-electron chi connectivity index (χ4n) is 2.29. The number of rotatable bonds is 5. The van der Waals surface area contributed by atoms with Crippen molar-refractivity contribution in [3.63, 3.8) is 0 Å². The average molecular weight is 329 g/mol. The minimum Gasteiger partial charge on any atom is -0.326 e. The Labute approximate surface area is 131 Å². The molecule has 0 radical (unpaired) electrons. The number of nitrogens with zero attached hydrogens (tertiary/aromatic N) is 2. The van der Waals surface area contributed by atoms with Crippen LogP contribution in [0.1, 0.15) is 33.0 Å². The van der Waals surface area contributed by atoms with Gasteiger partial charge in [-0.3, -0.25) is 0 Å². The third-order valence-corrected chi connectivity index (χ3v) is 5.25. The maximum atomic E-state index is 11.9. The molecule has 116 valence electrons. The number of fused-ring (bicyclic) bond motifs is 1. The molecule has 0 spiro atoms. The quantitative estimate of drug-likeness (QED) is 0.788. The molecule has 0 aliphatic rings. The normalized spacial score (nSPS) is 13.0. The van der Waals surface area contributed by atoms with Crippen molar-refractivity contribution >= 4 is 32.5 Å². The number of alkyl halides is 1. The molecule has 0 fully saturated rings. The van der Waals surface area contributed by atoms with Crippen molar-refractivity contribution in [3.8, 4) is 0 Å². The summed E-state index contributed by atoms with van der Waals surface area (Å²) in [5.41, 5.74) is 1.44. The lowest BCUT2D eigenvalue weighted by molar-refractivity contribution is 0.295. The van der Waals surface area contributed by atoms with Crippen molar-refractivity contribution in [2.75, 3.05) is 6.26 Å². The second kappa shape index (κ2) is 5.61. The maximum Gasteiger partial charge on any atom is 0.177 e. The van der Waals surface area contributed by atoms with E-state index in [0.29, 0.717) is 11.3 Å². The average Bonchev–Trinajstić information content (AvgIpc) is 2.75. The molecular weight excluding hydrogens is 308 g/mol. The van der Waals surface area contributed by atoms with E-state index < -0.39 is 9.84 Å². The second-order valence-corrected chi connectivity index (χ2v) is 8.41. The van der Waals surface area contributed by atoms with Gasteiger partial charge in [-0.05, 0) is 24.0 Å². The van der Waals surface area contributed by atoms with Gasteiger partial charge in [0.15, 0.2) is 9.84 Å². The predicted molar refractivity (Wildman–Crippen MR) is 86.5 cm³/mol. The molecular formula is C15H21ClN2O2S. The molecule has 2 aromatic rings. The summed E-state index contributed by atoms with van der Waals surface area (Å²) in [6.07, 6.45) is 2.22. The summed E-state index contributed by atoms with van der Waals surface area (Å²) < 4.78 is 25.9. The summed E-state index contributed by atoms with van der Waals surface area (Å²) in [6.45, 7) is 7.26. The van der Waals surface area contributed by atoms with Gasteiger partial charge in [-0.15, -0.1) is 11.6 Å². The topological polar surface area (TPSA) is 52.0 Å². The Morgan fingerprint density at radius 3 is 2.52 bits per heavy atom. The molecule has 2 rings (SSSR count). The standard InChI is InChI=1S/C15H21ClN2O2S/c1-5-15(2,3)10-18-11-7-6-8-12(21(4,19)20)14(11)17-13(18)9-16/h6-8H,5,9-10H2,1-4H3. The fourth-order valence-corrected chi connectivity index (χ4v) is 3.32. The maximum absolute atomic E-state index is 11.9. The summed E-state index contributed by atoms with van der Waals surface area (Å²) in [5.74, 6) is 0.974. The van der Waals surface area contributed by atoms with E-state index in [1.54, 1.807) is 12.1 Å². The summed E-state index contributed by atoms with van der Waals surface area (Å²) in [4.78, 5) is 4.73. The van der Waals surface area contributed by atoms with Crippen LogP contribution in [-0.2, 0) is 22.3 Å². The lowest BCUT2D eigenvalue weighted by Crippen LogP contribution is -2.19. The first-order chi connectivity index (χ1) is 9.69. The molecule has 0 bridgehead atoms. The van der Waals surface area contributed by atoms with Crippen molar-refractivity contribution in [1.29, 1.82) is 0 Å². The van der Waals surface area contributed by atoms with E-state index in [4.69, 9.17) is 11.6 Å². The van der Waals surface area contributed by atoms with Crippen molar-refractivity contribution in [3.05, 3.63) is 24.0 Å². The van der Waals surface area contributed by atoms with Crippen molar-refractivity contribution in [2.24, 2.45) is 5.41 Å². The molecule has 1 aromatic heterocycles. The molecule has 21 heavy (non-hydrogen) atoms. The van der Waals surface area contributed by atoms with Crippen LogP contribution in [0.15, 0.2) is 23.1 Å². The number of sulfone groups is 1. The number of aromatic nitrogens is 2. The molecule has 0 amide bonds. The highest BCUT2D eigenvalue weighted by molar-refractivity contribution is 7.91. The largest absolute Gasteiger partial charge is 0.326 e. The Kier molecular flexibility index (Phi) is 4.36. The highest BCUT2D eigenvalue weighted by Gasteiger charge is 2.22. The van der Waals surface area contributed by atoms with Gasteiger partial charge in [0.2, 0.25) is 0 Å². The Hall–Kier alpha value is -1.07. The first-order valence-corrected chi connectivity index (χ1v) is 9.36. The molecule has 0 aliphatic heterocycles. The van der Waals surface area contributed by atoms with Gasteiger partial charge >= 0.3 is 0 Å². The Morgan fingerprint density at radius 2 is 2.00 bits per heavy atom. The monoisotopic (exact) mass is 328 g/mol. The number of halogens is 1. The number of benzene rings is 1. The molecule has 0 aliphatic carbocycles. The molecule has 0 unspecified atom stereocenters. The van der Waals surface area contributed by atoms with E-state index in [2.05, 4.69) is 25.8 Å². The number of hydrogen-bond acceptors (Lipinski definition) is 3. The van der Waals surface area contributed by atoms with Gasteiger partial charge in [0.1, 0.15) is 11.3 Å². The van der Waals surface area contributed by atoms with Gasteiger partial charge in [0.05, 0.1) is 16.3 Å². The van der Waals surface area contributed by atoms with Gasteiger partial charge in [0, 0.05) is 12.8 Å². The van der Waals surface area contributed by atoms with E-state index in [1.165, 1.54) is 6.26 Å². The van der Waals surface area contributed by atoms with E-state index >= 15 is 0 Å². The fraction of sp³-hybridized carbons (Fsp3) is 0.533. The zero-order chi connectivity index (χ0) is 15.8. The van der Waals surface area contributed by atoms with Gasteiger partial charge in [-0.1, -0.05) is 26.8 Å². The minimum absolute atomic E-state index is 0.0928. The molecule has 6 heteroatoms. The van der Waals surface area contributed by atoms with Crippen LogP contribution in [0.3, 0.4) is 0 Å². The van der Waals surface area contributed by atoms with Crippen molar-refractivity contribution in [1.82, 2.24) is 9.55 Å². The zero-order valence-electron chi connectivity index (χ0n) is 12.9. The third-order valence-electron chi connectivity index (χ3n) is 3.88. The number of hydrogen-bond donors (Lipinski definition) is 0. The Bertz CT molecular complexity index is 763. The zero-order valence-corrected chi connectivity index (χ0v) is 14.4. The lowest BCUT2D eigenvalue weighted by atomic mass is 9.90. The molecule has 0 saturated carbocycles. The molecule has 0 saturated heterocycles. The van der Waals surface area contributed by atoms with Crippen molar-refractivity contribution < 1.29 is 8.42 Å². The summed E-state index contributed by atoms with van der Waals surface area (Å²) >= 11 is 6.01. The molecule has 0 atom stereocenters. The first kappa shape index (κ1) is 16.3. The lowest BCUT2D eigenvalue weighted by Gasteiger charge is -2.24. The number of imidazole rings is 1. The van der Waals surface area contributed by atoms with Gasteiger partial charge in [-0.2, -0.15) is 0 Å². The second-order valence-electron chi connectivity index (χ2n) is 6.16. The van der Waals surface area contributed by atoms with E-state index in [0.717, 1.165) is 18.5 Å². The summed E-state index contributed by atoms with van der Waals surface area (Å²) in [5, 5.41) is 0.